The van der Waals surface area contributed by atoms with Gasteiger partial charge in [0.05, 0.1) is 0 Å². The zero-order chi connectivity index (χ0) is 10.1. The van der Waals surface area contributed by atoms with Crippen LogP contribution < -0.4 is 0 Å². The van der Waals surface area contributed by atoms with Gasteiger partial charge >= 0.3 is 0 Å². The molecule has 0 saturated carbocycles. The number of hydrogen-bond donors (Lipinski definition) is 0. The van der Waals surface area contributed by atoms with Gasteiger partial charge in [-0.3, -0.25) is 0 Å². The first-order valence-corrected chi connectivity index (χ1v) is 5.55. The molecular weight excluding hydrogens is 180 g/mol. The molecule has 0 aromatic rings. The molecule has 15 heavy (non-hydrogen) atoms. The molecule has 0 aliphatic heterocycles. The Bertz CT molecular complexity index is 418. The highest BCUT2D eigenvalue weighted by Crippen LogP contribution is 2.34. The lowest BCUT2D eigenvalue weighted by Gasteiger charge is -2.07. The van der Waals surface area contributed by atoms with Crippen LogP contribution in [0.3, 0.4) is 0 Å². The molecule has 0 radical (unpaired) electrons. The maximum absolute atomic E-state index is 2.29. The van der Waals surface area contributed by atoms with Crippen molar-refractivity contribution in [2.45, 2.75) is 19.3 Å². The quantitative estimate of drug-likeness (QED) is 0.623. The lowest BCUT2D eigenvalue weighted by atomic mass is 9.98. The van der Waals surface area contributed by atoms with Gasteiger partial charge in [-0.1, -0.05) is 48.6 Å². The molecule has 3 aliphatic carbocycles. The minimum atomic E-state index is 1.12. The molecule has 0 aromatic carbocycles. The van der Waals surface area contributed by atoms with Gasteiger partial charge in [0.2, 0.25) is 0 Å². The van der Waals surface area contributed by atoms with Gasteiger partial charge in [-0.05, 0) is 41.6 Å². The standard InChI is InChI=1S/C15H14/c1-2-6-12(5-1)14-9-10-15(11-14)13-7-3-4-8-13/h1-5,7,9-10H,6,8,11H2. The van der Waals surface area contributed by atoms with E-state index in [1.54, 1.807) is 0 Å². The molecule has 74 valence electrons. The predicted octanol–water partition coefficient (Wildman–Crippen LogP) is 4.02. The second-order valence-corrected chi connectivity index (χ2v) is 4.21. The van der Waals surface area contributed by atoms with Crippen molar-refractivity contribution in [1.82, 2.24) is 0 Å². The van der Waals surface area contributed by atoms with E-state index in [4.69, 9.17) is 0 Å². The maximum Gasteiger partial charge on any atom is -0.00201 e. The summed E-state index contributed by atoms with van der Waals surface area (Å²) in [5, 5.41) is 0. The minimum absolute atomic E-state index is 1.12. The van der Waals surface area contributed by atoms with Gasteiger partial charge in [0.1, 0.15) is 0 Å². The summed E-state index contributed by atoms with van der Waals surface area (Å²) >= 11 is 0. The van der Waals surface area contributed by atoms with Crippen molar-refractivity contribution in [2.24, 2.45) is 0 Å². The van der Waals surface area contributed by atoms with E-state index in [1.807, 2.05) is 0 Å². The summed E-state index contributed by atoms with van der Waals surface area (Å²) in [5.41, 5.74) is 5.99. The third-order valence-corrected chi connectivity index (χ3v) is 3.23. The summed E-state index contributed by atoms with van der Waals surface area (Å²) in [4.78, 5) is 0. The first-order valence-electron chi connectivity index (χ1n) is 5.55. The Labute approximate surface area is 90.7 Å². The molecule has 0 heterocycles. The molecule has 0 aromatic heterocycles. The molecule has 0 heteroatoms. The molecule has 0 N–H and O–H groups in total. The van der Waals surface area contributed by atoms with Crippen LogP contribution in [0.5, 0.6) is 0 Å². The molecule has 0 amide bonds. The van der Waals surface area contributed by atoms with Crippen LogP contribution in [-0.2, 0) is 0 Å². The van der Waals surface area contributed by atoms with Gasteiger partial charge in [0.25, 0.3) is 0 Å². The van der Waals surface area contributed by atoms with E-state index >= 15 is 0 Å². The number of allylic oxidation sites excluding steroid dienone is 12. The Balaban J connectivity index is 1.71. The Morgan fingerprint density at radius 2 is 1.13 bits per heavy atom. The van der Waals surface area contributed by atoms with E-state index in [0.717, 1.165) is 19.3 Å². The topological polar surface area (TPSA) is 0 Å². The summed E-state index contributed by atoms with van der Waals surface area (Å²) < 4.78 is 0. The van der Waals surface area contributed by atoms with Crippen LogP contribution >= 0.6 is 0 Å². The zero-order valence-corrected chi connectivity index (χ0v) is 8.74. The summed E-state index contributed by atoms with van der Waals surface area (Å²) in [6, 6.07) is 0. The molecule has 0 nitrogen and oxygen atoms in total. The van der Waals surface area contributed by atoms with Crippen molar-refractivity contribution in [3.8, 4) is 0 Å². The first kappa shape index (κ1) is 8.72. The highest BCUT2D eigenvalue weighted by atomic mass is 14.2. The normalized spacial score (nSPS) is 22.9. The van der Waals surface area contributed by atoms with Crippen LogP contribution in [-0.4, -0.2) is 0 Å². The van der Waals surface area contributed by atoms with Crippen molar-refractivity contribution < 1.29 is 0 Å². The van der Waals surface area contributed by atoms with E-state index in [-0.39, 0.29) is 0 Å². The smallest absolute Gasteiger partial charge is 0.00201 e. The molecule has 0 atom stereocenters. The Hall–Kier alpha value is -1.56. The minimum Gasteiger partial charge on any atom is -0.0801 e. The van der Waals surface area contributed by atoms with E-state index in [9.17, 15) is 0 Å². The highest BCUT2D eigenvalue weighted by molar-refractivity contribution is 5.53. The van der Waals surface area contributed by atoms with Crippen LogP contribution in [0.2, 0.25) is 0 Å². The Kier molecular flexibility index (Phi) is 2.06. The van der Waals surface area contributed by atoms with Gasteiger partial charge in [-0.2, -0.15) is 0 Å². The summed E-state index contributed by atoms with van der Waals surface area (Å²) in [7, 11) is 0. The molecule has 3 rings (SSSR count). The third-order valence-electron chi connectivity index (χ3n) is 3.23. The summed E-state index contributed by atoms with van der Waals surface area (Å²) in [6.45, 7) is 0. The van der Waals surface area contributed by atoms with Crippen LogP contribution in [0, 0.1) is 0 Å². The van der Waals surface area contributed by atoms with E-state index in [0.29, 0.717) is 0 Å². The summed E-state index contributed by atoms with van der Waals surface area (Å²) in [5.74, 6) is 0. The second kappa shape index (κ2) is 3.54. The number of rotatable bonds is 2. The maximum atomic E-state index is 2.29. The number of hydrogen-bond acceptors (Lipinski definition) is 0. The highest BCUT2D eigenvalue weighted by Gasteiger charge is 2.15. The van der Waals surface area contributed by atoms with E-state index < -0.39 is 0 Å². The average molecular weight is 194 g/mol. The molecule has 0 saturated heterocycles. The largest absolute Gasteiger partial charge is 0.0801 e. The Morgan fingerprint density at radius 1 is 0.600 bits per heavy atom. The van der Waals surface area contributed by atoms with Crippen molar-refractivity contribution in [2.75, 3.05) is 0 Å². The van der Waals surface area contributed by atoms with Gasteiger partial charge in [-0.15, -0.1) is 0 Å². The zero-order valence-electron chi connectivity index (χ0n) is 8.74. The lowest BCUT2D eigenvalue weighted by molar-refractivity contribution is 1.10. The van der Waals surface area contributed by atoms with Crippen molar-refractivity contribution >= 4 is 0 Å². The monoisotopic (exact) mass is 194 g/mol. The fraction of sp³-hybridized carbons (Fsp3) is 0.200. The molecule has 3 aliphatic rings. The van der Waals surface area contributed by atoms with Gasteiger partial charge in [-0.25, -0.2) is 0 Å². The van der Waals surface area contributed by atoms with Crippen LogP contribution in [0.1, 0.15) is 19.3 Å². The molecule has 0 unspecified atom stereocenters. The van der Waals surface area contributed by atoms with Crippen LogP contribution in [0.15, 0.2) is 70.9 Å². The van der Waals surface area contributed by atoms with Gasteiger partial charge in [0, 0.05) is 0 Å². The van der Waals surface area contributed by atoms with Crippen molar-refractivity contribution in [3.63, 3.8) is 0 Å². The summed E-state index contributed by atoms with van der Waals surface area (Å²) in [6.07, 6.45) is 21.2. The Morgan fingerprint density at radius 3 is 1.53 bits per heavy atom. The fourth-order valence-electron chi connectivity index (χ4n) is 2.34. The van der Waals surface area contributed by atoms with Gasteiger partial charge in [0.15, 0.2) is 0 Å². The molecular formula is C15H14. The second-order valence-electron chi connectivity index (χ2n) is 4.21. The molecule has 0 spiro atoms. The molecule has 0 bridgehead atoms. The van der Waals surface area contributed by atoms with Crippen molar-refractivity contribution in [1.29, 1.82) is 0 Å². The van der Waals surface area contributed by atoms with E-state index in [2.05, 4.69) is 48.6 Å². The lowest BCUT2D eigenvalue weighted by Crippen LogP contribution is -1.88. The third kappa shape index (κ3) is 1.56. The SMILES string of the molecule is C1=CCC(C2=CC=C(C3=CC=CC3)C2)=C1. The van der Waals surface area contributed by atoms with E-state index in [1.165, 1.54) is 22.3 Å². The van der Waals surface area contributed by atoms with Crippen LogP contribution in [0.4, 0.5) is 0 Å². The van der Waals surface area contributed by atoms with Crippen LogP contribution in [0.25, 0.3) is 0 Å². The van der Waals surface area contributed by atoms with Gasteiger partial charge < -0.3 is 0 Å². The first-order chi connectivity index (χ1) is 7.43. The predicted molar refractivity (Wildman–Crippen MR) is 64.5 cm³/mol. The average Bonchev–Trinajstić information content (AvgIpc) is 3.02. The van der Waals surface area contributed by atoms with Crippen molar-refractivity contribution in [3.05, 3.63) is 70.9 Å². The fourth-order valence-corrected chi connectivity index (χ4v) is 2.34. The molecule has 0 fully saturated rings.